The van der Waals surface area contributed by atoms with Gasteiger partial charge in [-0.3, -0.25) is 0 Å². The zero-order valence-electron chi connectivity index (χ0n) is 11.9. The highest BCUT2D eigenvalue weighted by Crippen LogP contribution is 2.25. The monoisotopic (exact) mass is 294 g/mol. The molecule has 0 heterocycles. The van der Waals surface area contributed by atoms with Crippen LogP contribution in [-0.4, -0.2) is 19.0 Å². The van der Waals surface area contributed by atoms with Gasteiger partial charge in [0.15, 0.2) is 17.5 Å². The third-order valence-electron chi connectivity index (χ3n) is 3.24. The summed E-state index contributed by atoms with van der Waals surface area (Å²) >= 11 is 0. The van der Waals surface area contributed by atoms with Crippen LogP contribution in [0.3, 0.4) is 0 Å². The quantitative estimate of drug-likeness (QED) is 0.877. The molecule has 0 amide bonds. The lowest BCUT2D eigenvalue weighted by atomic mass is 9.98. The maximum Gasteiger partial charge on any atom is 0.194 e. The summed E-state index contributed by atoms with van der Waals surface area (Å²) in [5.41, 5.74) is 7.61. The van der Waals surface area contributed by atoms with Crippen molar-refractivity contribution in [2.75, 3.05) is 14.1 Å². The van der Waals surface area contributed by atoms with Crippen LogP contribution in [0, 0.1) is 17.5 Å². The van der Waals surface area contributed by atoms with E-state index in [9.17, 15) is 13.2 Å². The molecule has 0 aliphatic rings. The lowest BCUT2D eigenvalue weighted by Crippen LogP contribution is -2.15. The second-order valence-electron chi connectivity index (χ2n) is 5.22. The maximum absolute atomic E-state index is 13.7. The summed E-state index contributed by atoms with van der Waals surface area (Å²) in [5, 5.41) is 0. The Labute approximate surface area is 122 Å². The SMILES string of the molecule is CN(C)Cc1ccc(C(N)c2ccc(F)c(F)c2F)cc1. The average Bonchev–Trinajstić information content (AvgIpc) is 2.44. The Kier molecular flexibility index (Phi) is 4.65. The van der Waals surface area contributed by atoms with Crippen LogP contribution in [0.1, 0.15) is 22.7 Å². The third kappa shape index (κ3) is 3.43. The van der Waals surface area contributed by atoms with Crippen LogP contribution in [0.5, 0.6) is 0 Å². The molecule has 2 N–H and O–H groups in total. The molecule has 2 aromatic carbocycles. The van der Waals surface area contributed by atoms with E-state index in [1.54, 1.807) is 12.1 Å². The van der Waals surface area contributed by atoms with Crippen LogP contribution in [0.2, 0.25) is 0 Å². The van der Waals surface area contributed by atoms with Gasteiger partial charge in [0.25, 0.3) is 0 Å². The van der Waals surface area contributed by atoms with Gasteiger partial charge >= 0.3 is 0 Å². The molecule has 5 heteroatoms. The van der Waals surface area contributed by atoms with Crippen LogP contribution >= 0.6 is 0 Å². The minimum Gasteiger partial charge on any atom is -0.320 e. The Hall–Kier alpha value is -1.85. The van der Waals surface area contributed by atoms with Crippen LogP contribution in [0.4, 0.5) is 13.2 Å². The van der Waals surface area contributed by atoms with Crippen molar-refractivity contribution >= 4 is 0 Å². The fraction of sp³-hybridized carbons (Fsp3) is 0.250. The number of nitrogens with zero attached hydrogens (tertiary/aromatic N) is 1. The fourth-order valence-electron chi connectivity index (χ4n) is 2.16. The molecule has 0 radical (unpaired) electrons. The lowest BCUT2D eigenvalue weighted by Gasteiger charge is -2.15. The van der Waals surface area contributed by atoms with Crippen LogP contribution < -0.4 is 5.73 Å². The van der Waals surface area contributed by atoms with Gasteiger partial charge in [-0.2, -0.15) is 0 Å². The molecule has 0 spiro atoms. The summed E-state index contributed by atoms with van der Waals surface area (Å²) in [4.78, 5) is 2.02. The predicted molar refractivity (Wildman–Crippen MR) is 76.2 cm³/mol. The number of nitrogens with two attached hydrogens (primary N) is 1. The van der Waals surface area contributed by atoms with E-state index in [-0.39, 0.29) is 5.56 Å². The fourth-order valence-corrected chi connectivity index (χ4v) is 2.16. The van der Waals surface area contributed by atoms with Gasteiger partial charge in [0.2, 0.25) is 0 Å². The Morgan fingerprint density at radius 1 is 0.952 bits per heavy atom. The molecule has 2 nitrogen and oxygen atoms in total. The Morgan fingerprint density at radius 3 is 2.14 bits per heavy atom. The first-order valence-electron chi connectivity index (χ1n) is 6.52. The molecule has 112 valence electrons. The minimum absolute atomic E-state index is 0.0609. The zero-order chi connectivity index (χ0) is 15.6. The van der Waals surface area contributed by atoms with Gasteiger partial charge in [-0.1, -0.05) is 30.3 Å². The minimum atomic E-state index is -1.49. The topological polar surface area (TPSA) is 29.3 Å². The summed E-state index contributed by atoms with van der Waals surface area (Å²) in [6.07, 6.45) is 0. The van der Waals surface area contributed by atoms with Crippen LogP contribution in [-0.2, 0) is 6.54 Å². The van der Waals surface area contributed by atoms with Crippen molar-refractivity contribution in [2.45, 2.75) is 12.6 Å². The Morgan fingerprint density at radius 2 is 1.57 bits per heavy atom. The van der Waals surface area contributed by atoms with E-state index in [2.05, 4.69) is 0 Å². The van der Waals surface area contributed by atoms with E-state index >= 15 is 0 Å². The molecule has 0 aliphatic heterocycles. The molecule has 0 aliphatic carbocycles. The maximum atomic E-state index is 13.7. The van der Waals surface area contributed by atoms with Gasteiger partial charge in [0, 0.05) is 12.1 Å². The van der Waals surface area contributed by atoms with Gasteiger partial charge < -0.3 is 10.6 Å². The average molecular weight is 294 g/mol. The van der Waals surface area contributed by atoms with Crippen molar-refractivity contribution in [3.8, 4) is 0 Å². The highest BCUT2D eigenvalue weighted by molar-refractivity contribution is 5.34. The molecule has 0 aromatic heterocycles. The van der Waals surface area contributed by atoms with Gasteiger partial charge in [-0.25, -0.2) is 13.2 Å². The second-order valence-corrected chi connectivity index (χ2v) is 5.22. The normalized spacial score (nSPS) is 12.7. The molecule has 2 rings (SSSR count). The summed E-state index contributed by atoms with van der Waals surface area (Å²) in [5.74, 6) is -3.95. The molecule has 1 atom stereocenters. The number of rotatable bonds is 4. The largest absolute Gasteiger partial charge is 0.320 e. The number of halogens is 3. The van der Waals surface area contributed by atoms with Gasteiger partial charge in [-0.05, 0) is 31.3 Å². The molecule has 0 bridgehead atoms. The zero-order valence-corrected chi connectivity index (χ0v) is 11.9. The summed E-state index contributed by atoms with van der Waals surface area (Å²) in [6, 6.07) is 8.52. The third-order valence-corrected chi connectivity index (χ3v) is 3.24. The second kappa shape index (κ2) is 6.28. The predicted octanol–water partition coefficient (Wildman–Crippen LogP) is 3.21. The van der Waals surface area contributed by atoms with Crippen LogP contribution in [0.25, 0.3) is 0 Å². The van der Waals surface area contributed by atoms with Gasteiger partial charge in [0.1, 0.15) is 0 Å². The van der Waals surface area contributed by atoms with Crippen molar-refractivity contribution < 1.29 is 13.2 Å². The van der Waals surface area contributed by atoms with Crippen molar-refractivity contribution in [3.63, 3.8) is 0 Å². The molecule has 0 fully saturated rings. The van der Waals surface area contributed by atoms with E-state index in [0.29, 0.717) is 5.56 Å². The molecule has 0 saturated carbocycles. The highest BCUT2D eigenvalue weighted by atomic mass is 19.2. The molecular weight excluding hydrogens is 277 g/mol. The number of hydrogen-bond donors (Lipinski definition) is 1. The van der Waals surface area contributed by atoms with Gasteiger partial charge in [-0.15, -0.1) is 0 Å². The standard InChI is InChI=1S/C16H17F3N2/c1-21(2)9-10-3-5-11(6-4-10)16(20)12-7-8-13(17)15(19)14(12)18/h3-8,16H,9,20H2,1-2H3. The number of hydrogen-bond acceptors (Lipinski definition) is 2. The Balaban J connectivity index is 2.28. The van der Waals surface area contributed by atoms with Gasteiger partial charge in [0.05, 0.1) is 6.04 Å². The molecular formula is C16H17F3N2. The van der Waals surface area contributed by atoms with E-state index in [1.165, 1.54) is 6.07 Å². The van der Waals surface area contributed by atoms with E-state index < -0.39 is 23.5 Å². The Bertz CT molecular complexity index is 624. The first-order chi connectivity index (χ1) is 9.90. The number of benzene rings is 2. The highest BCUT2D eigenvalue weighted by Gasteiger charge is 2.19. The first-order valence-corrected chi connectivity index (χ1v) is 6.52. The van der Waals surface area contributed by atoms with Crippen molar-refractivity contribution in [2.24, 2.45) is 5.73 Å². The van der Waals surface area contributed by atoms with Crippen molar-refractivity contribution in [3.05, 3.63) is 70.5 Å². The van der Waals surface area contributed by atoms with Crippen molar-refractivity contribution in [1.82, 2.24) is 4.90 Å². The van der Waals surface area contributed by atoms with Crippen molar-refractivity contribution in [1.29, 1.82) is 0 Å². The molecule has 1 unspecified atom stereocenters. The summed E-state index contributed by atoms with van der Waals surface area (Å²) in [7, 11) is 3.91. The first kappa shape index (κ1) is 15.5. The molecule has 2 aromatic rings. The molecule has 0 saturated heterocycles. The van der Waals surface area contributed by atoms with Crippen LogP contribution in [0.15, 0.2) is 36.4 Å². The summed E-state index contributed by atoms with van der Waals surface area (Å²) < 4.78 is 40.0. The smallest absolute Gasteiger partial charge is 0.194 e. The van der Waals surface area contributed by atoms with E-state index in [4.69, 9.17) is 5.73 Å². The lowest BCUT2D eigenvalue weighted by molar-refractivity contribution is 0.402. The summed E-state index contributed by atoms with van der Waals surface area (Å²) in [6.45, 7) is 0.773. The molecule has 21 heavy (non-hydrogen) atoms. The van der Waals surface area contributed by atoms with E-state index in [0.717, 1.165) is 18.2 Å². The van der Waals surface area contributed by atoms with E-state index in [1.807, 2.05) is 31.1 Å².